The third-order valence-corrected chi connectivity index (χ3v) is 4.38. The first-order chi connectivity index (χ1) is 7.11. The summed E-state index contributed by atoms with van der Waals surface area (Å²) in [5.74, 6) is -0.417. The van der Waals surface area contributed by atoms with E-state index in [1.165, 1.54) is 0 Å². The lowest BCUT2D eigenvalue weighted by Gasteiger charge is -2.09. The number of halogens is 1. The molecule has 4 nitrogen and oxygen atoms in total. The third-order valence-electron chi connectivity index (χ3n) is 2.14. The molecule has 2 rings (SSSR count). The van der Waals surface area contributed by atoms with Gasteiger partial charge < -0.3 is 5.73 Å². The highest BCUT2D eigenvalue weighted by Crippen LogP contribution is 2.49. The third kappa shape index (κ3) is 1.68. The Kier molecular flexibility index (Phi) is 2.58. The van der Waals surface area contributed by atoms with E-state index in [0.717, 1.165) is 5.69 Å². The number of hydrogen-bond donors (Lipinski definition) is 3. The number of rotatable bonds is 2. The van der Waals surface area contributed by atoms with Gasteiger partial charge in [-0.15, -0.1) is 0 Å². The Morgan fingerprint density at radius 3 is 2.93 bits per heavy atom. The summed E-state index contributed by atoms with van der Waals surface area (Å²) in [6.07, 6.45) is 3.56. The van der Waals surface area contributed by atoms with E-state index in [0.29, 0.717) is 15.5 Å². The number of nitrogens with two attached hydrogens (primary N) is 1. The van der Waals surface area contributed by atoms with Crippen LogP contribution in [-0.4, -0.2) is 22.4 Å². The van der Waals surface area contributed by atoms with Crippen LogP contribution in [0.1, 0.15) is 5.69 Å². The number of primary amides is 1. The zero-order valence-electron chi connectivity index (χ0n) is 7.99. The van der Waals surface area contributed by atoms with Gasteiger partial charge in [0.05, 0.1) is 15.6 Å². The molecule has 15 heavy (non-hydrogen) atoms. The molecule has 0 aliphatic carbocycles. The molecule has 1 unspecified atom stereocenters. The Labute approximate surface area is 94.5 Å². The molecule has 0 fully saturated rings. The smallest absolute Gasteiger partial charge is 0.254 e. The van der Waals surface area contributed by atoms with Crippen LogP contribution in [0, 0.1) is 0 Å². The molecule has 0 radical (unpaired) electrons. The SMILES string of the molecule is C[SH]1C=C(Cl)C(c2ccn[nH]2)=C1C(N)=O. The van der Waals surface area contributed by atoms with Crippen LogP contribution in [0.5, 0.6) is 0 Å². The minimum atomic E-state index is -0.688. The molecule has 1 aliphatic rings. The molecule has 6 heteroatoms. The van der Waals surface area contributed by atoms with Crippen molar-refractivity contribution in [3.63, 3.8) is 0 Å². The number of nitrogens with one attached hydrogen (secondary N) is 1. The van der Waals surface area contributed by atoms with Crippen LogP contribution in [-0.2, 0) is 4.79 Å². The highest BCUT2D eigenvalue weighted by molar-refractivity contribution is 8.23. The molecule has 80 valence electrons. The molecule has 1 atom stereocenters. The Bertz CT molecular complexity index is 464. The topological polar surface area (TPSA) is 71.8 Å². The number of carbonyl (C=O) groups is 1. The maximum atomic E-state index is 11.3. The van der Waals surface area contributed by atoms with Crippen molar-refractivity contribution in [3.8, 4) is 0 Å². The average Bonchev–Trinajstić information content (AvgIpc) is 2.71. The van der Waals surface area contributed by atoms with Crippen LogP contribution >= 0.6 is 22.5 Å². The number of amides is 1. The quantitative estimate of drug-likeness (QED) is 0.686. The molecule has 0 spiro atoms. The van der Waals surface area contributed by atoms with Gasteiger partial charge in [0.15, 0.2) is 0 Å². The summed E-state index contributed by atoms with van der Waals surface area (Å²) in [6, 6.07) is 1.77. The first kappa shape index (κ1) is 10.3. The van der Waals surface area contributed by atoms with E-state index in [-0.39, 0.29) is 0 Å². The van der Waals surface area contributed by atoms with Gasteiger partial charge in [0.1, 0.15) is 0 Å². The van der Waals surface area contributed by atoms with Crippen molar-refractivity contribution in [2.75, 3.05) is 6.26 Å². The summed E-state index contributed by atoms with van der Waals surface area (Å²) >= 11 is 6.07. The van der Waals surface area contributed by atoms with Crippen LogP contribution < -0.4 is 5.73 Å². The fraction of sp³-hybridized carbons (Fsp3) is 0.111. The Morgan fingerprint density at radius 1 is 1.67 bits per heavy atom. The highest BCUT2D eigenvalue weighted by atomic mass is 35.5. The van der Waals surface area contributed by atoms with Gasteiger partial charge in [-0.1, -0.05) is 11.6 Å². The summed E-state index contributed by atoms with van der Waals surface area (Å²) in [6.45, 7) is 0. The van der Waals surface area contributed by atoms with Gasteiger partial charge in [0, 0.05) is 11.8 Å². The van der Waals surface area contributed by atoms with Crippen molar-refractivity contribution in [2.45, 2.75) is 0 Å². The fourth-order valence-corrected chi connectivity index (χ4v) is 3.78. The number of aromatic nitrogens is 2. The predicted molar refractivity (Wildman–Crippen MR) is 63.5 cm³/mol. The van der Waals surface area contributed by atoms with Crippen LogP contribution in [0.15, 0.2) is 27.6 Å². The Balaban J connectivity index is 2.58. The van der Waals surface area contributed by atoms with Gasteiger partial charge in [-0.3, -0.25) is 9.89 Å². The lowest BCUT2D eigenvalue weighted by molar-refractivity contribution is -0.113. The van der Waals surface area contributed by atoms with Crippen molar-refractivity contribution >= 4 is 34.0 Å². The average molecular weight is 244 g/mol. The fourth-order valence-electron chi connectivity index (χ4n) is 1.54. The minimum absolute atomic E-state index is 0.417. The number of allylic oxidation sites excluding steroid dienone is 2. The summed E-state index contributed by atoms with van der Waals surface area (Å²) < 4.78 is 0. The maximum Gasteiger partial charge on any atom is 0.254 e. The van der Waals surface area contributed by atoms with Gasteiger partial charge in [-0.25, -0.2) is 10.9 Å². The second-order valence-corrected chi connectivity index (χ2v) is 5.48. The minimum Gasteiger partial charge on any atom is -0.365 e. The summed E-state index contributed by atoms with van der Waals surface area (Å²) in [4.78, 5) is 11.9. The van der Waals surface area contributed by atoms with Gasteiger partial charge in [0.25, 0.3) is 5.91 Å². The second kappa shape index (κ2) is 3.75. The number of nitrogens with zero attached hydrogens (tertiary/aromatic N) is 1. The lowest BCUT2D eigenvalue weighted by atomic mass is 10.1. The highest BCUT2D eigenvalue weighted by Gasteiger charge is 2.26. The zero-order chi connectivity index (χ0) is 11.0. The lowest BCUT2D eigenvalue weighted by Crippen LogP contribution is -2.14. The van der Waals surface area contributed by atoms with E-state index < -0.39 is 16.8 Å². The normalized spacial score (nSPS) is 23.1. The summed E-state index contributed by atoms with van der Waals surface area (Å²) in [7, 11) is -0.688. The second-order valence-electron chi connectivity index (χ2n) is 3.15. The molecule has 0 saturated carbocycles. The van der Waals surface area contributed by atoms with Crippen molar-refractivity contribution in [3.05, 3.63) is 33.3 Å². The van der Waals surface area contributed by atoms with Crippen LogP contribution in [0.25, 0.3) is 5.57 Å². The van der Waals surface area contributed by atoms with E-state index >= 15 is 0 Å². The van der Waals surface area contributed by atoms with Gasteiger partial charge in [0.2, 0.25) is 0 Å². The molecule has 1 amide bonds. The summed E-state index contributed by atoms with van der Waals surface area (Å²) in [5.41, 5.74) is 6.76. The van der Waals surface area contributed by atoms with E-state index in [1.54, 1.807) is 12.3 Å². The molecular weight excluding hydrogens is 234 g/mol. The standard InChI is InChI=1S/C9H10ClN3OS/c1-15-4-5(10)7(8(15)9(11)14)6-2-3-12-13-6/h2-4,15H,1H3,(H2,11,14)(H,12,13). The van der Waals surface area contributed by atoms with Crippen LogP contribution in [0.4, 0.5) is 0 Å². The van der Waals surface area contributed by atoms with Crippen molar-refractivity contribution in [1.29, 1.82) is 0 Å². The number of aromatic amines is 1. The van der Waals surface area contributed by atoms with Crippen LogP contribution in [0.3, 0.4) is 0 Å². The molecule has 1 aromatic heterocycles. The number of hydrogen-bond acceptors (Lipinski definition) is 2. The van der Waals surface area contributed by atoms with Gasteiger partial charge >= 0.3 is 0 Å². The molecule has 1 aromatic rings. The molecule has 3 N–H and O–H groups in total. The van der Waals surface area contributed by atoms with E-state index in [4.69, 9.17) is 17.3 Å². The number of H-pyrrole nitrogens is 1. The zero-order valence-corrected chi connectivity index (χ0v) is 9.64. The summed E-state index contributed by atoms with van der Waals surface area (Å²) in [5, 5.41) is 9.05. The van der Waals surface area contributed by atoms with Crippen molar-refractivity contribution < 1.29 is 4.79 Å². The number of carbonyl (C=O) groups excluding carboxylic acids is 1. The first-order valence-corrected chi connectivity index (χ1v) is 6.49. The van der Waals surface area contributed by atoms with Crippen molar-refractivity contribution in [2.24, 2.45) is 5.73 Å². The van der Waals surface area contributed by atoms with Gasteiger partial charge in [-0.05, 0) is 17.7 Å². The monoisotopic (exact) mass is 243 g/mol. The molecular formula is C9H10ClN3OS. The largest absolute Gasteiger partial charge is 0.365 e. The Morgan fingerprint density at radius 2 is 2.40 bits per heavy atom. The molecule has 0 bridgehead atoms. The molecule has 0 saturated heterocycles. The van der Waals surface area contributed by atoms with Crippen molar-refractivity contribution in [1.82, 2.24) is 10.2 Å². The van der Waals surface area contributed by atoms with E-state index in [2.05, 4.69) is 10.2 Å². The molecule has 0 aromatic carbocycles. The predicted octanol–water partition coefficient (Wildman–Crippen LogP) is 1.33. The van der Waals surface area contributed by atoms with E-state index in [1.807, 2.05) is 11.7 Å². The van der Waals surface area contributed by atoms with E-state index in [9.17, 15) is 4.79 Å². The Hall–Kier alpha value is -1.20. The molecule has 1 aliphatic heterocycles. The number of thiol groups is 1. The van der Waals surface area contributed by atoms with Crippen LogP contribution in [0.2, 0.25) is 0 Å². The molecule has 2 heterocycles. The maximum absolute atomic E-state index is 11.3. The first-order valence-electron chi connectivity index (χ1n) is 4.25. The van der Waals surface area contributed by atoms with Gasteiger partial charge in [-0.2, -0.15) is 5.10 Å².